The van der Waals surface area contributed by atoms with Gasteiger partial charge in [0.05, 0.1) is 5.69 Å². The SMILES string of the molecule is CN1C(=O)COc2cc(NC(=O)NCCSC(F)(F)F)ccc21. The summed E-state index contributed by atoms with van der Waals surface area (Å²) >= 11 is -0.199. The first-order valence-corrected chi connectivity index (χ1v) is 7.54. The van der Waals surface area contributed by atoms with Crippen LogP contribution in [-0.2, 0) is 4.79 Å². The number of alkyl halides is 3. The molecular weight excluding hydrogens is 335 g/mol. The molecule has 0 fully saturated rings. The standard InChI is InChI=1S/C13H14F3N3O3S/c1-19-9-3-2-8(6-10(9)22-7-11(19)20)18-12(21)17-4-5-23-13(14,15)16/h2-3,6H,4-5,7H2,1H3,(H2,17,18,21). The van der Waals surface area contributed by atoms with Crippen molar-refractivity contribution in [1.82, 2.24) is 5.32 Å². The third-order valence-corrected chi connectivity index (χ3v) is 3.69. The summed E-state index contributed by atoms with van der Waals surface area (Å²) in [7, 11) is 1.61. The minimum Gasteiger partial charge on any atom is -0.481 e. The van der Waals surface area contributed by atoms with Crippen LogP contribution in [0.25, 0.3) is 0 Å². The number of urea groups is 1. The fourth-order valence-electron chi connectivity index (χ4n) is 1.86. The number of fused-ring (bicyclic) bond motifs is 1. The van der Waals surface area contributed by atoms with Crippen LogP contribution in [0.2, 0.25) is 0 Å². The Morgan fingerprint density at radius 1 is 1.43 bits per heavy atom. The maximum atomic E-state index is 11.9. The van der Waals surface area contributed by atoms with Crippen LogP contribution in [-0.4, -0.2) is 43.4 Å². The topological polar surface area (TPSA) is 70.7 Å². The Morgan fingerprint density at radius 3 is 2.87 bits per heavy atom. The normalized spacial score (nSPS) is 14.1. The third-order valence-electron chi connectivity index (χ3n) is 2.96. The Hall–Kier alpha value is -2.10. The van der Waals surface area contributed by atoms with Gasteiger partial charge in [-0.15, -0.1) is 0 Å². The van der Waals surface area contributed by atoms with E-state index < -0.39 is 11.5 Å². The lowest BCUT2D eigenvalue weighted by Crippen LogP contribution is -2.35. The molecule has 0 saturated carbocycles. The van der Waals surface area contributed by atoms with Gasteiger partial charge in [-0.3, -0.25) is 4.79 Å². The fourth-order valence-corrected chi connectivity index (χ4v) is 2.30. The molecule has 0 spiro atoms. The molecule has 0 atom stereocenters. The van der Waals surface area contributed by atoms with E-state index in [0.29, 0.717) is 17.1 Å². The molecule has 6 nitrogen and oxygen atoms in total. The summed E-state index contributed by atoms with van der Waals surface area (Å²) < 4.78 is 41.1. The van der Waals surface area contributed by atoms with E-state index in [-0.39, 0.29) is 36.6 Å². The van der Waals surface area contributed by atoms with Gasteiger partial charge in [0.15, 0.2) is 6.61 Å². The Kier molecular flexibility index (Phi) is 5.24. The average molecular weight is 349 g/mol. The number of nitrogens with one attached hydrogen (secondary N) is 2. The summed E-state index contributed by atoms with van der Waals surface area (Å²) in [5, 5.41) is 4.82. The molecule has 0 unspecified atom stereocenters. The zero-order valence-corrected chi connectivity index (χ0v) is 12.9. The van der Waals surface area contributed by atoms with E-state index in [2.05, 4.69) is 10.6 Å². The number of benzene rings is 1. The molecule has 0 radical (unpaired) electrons. The van der Waals surface area contributed by atoms with E-state index >= 15 is 0 Å². The number of nitrogens with zero attached hydrogens (tertiary/aromatic N) is 1. The number of thioether (sulfide) groups is 1. The molecule has 3 amide bonds. The Morgan fingerprint density at radius 2 is 2.17 bits per heavy atom. The molecule has 23 heavy (non-hydrogen) atoms. The Labute approximate surface area is 134 Å². The molecule has 1 heterocycles. The fraction of sp³-hybridized carbons (Fsp3) is 0.385. The number of anilines is 2. The molecule has 1 aromatic rings. The number of rotatable bonds is 4. The first-order valence-electron chi connectivity index (χ1n) is 6.55. The summed E-state index contributed by atoms with van der Waals surface area (Å²) in [5.74, 6) is -0.00689. The van der Waals surface area contributed by atoms with E-state index in [4.69, 9.17) is 4.74 Å². The van der Waals surface area contributed by atoms with Crippen LogP contribution < -0.4 is 20.3 Å². The molecular formula is C13H14F3N3O3S. The van der Waals surface area contributed by atoms with Crippen molar-refractivity contribution in [2.24, 2.45) is 0 Å². The van der Waals surface area contributed by atoms with E-state index in [1.165, 1.54) is 4.90 Å². The van der Waals surface area contributed by atoms with Gasteiger partial charge in [-0.25, -0.2) is 4.79 Å². The van der Waals surface area contributed by atoms with Gasteiger partial charge < -0.3 is 20.3 Å². The maximum absolute atomic E-state index is 11.9. The van der Waals surface area contributed by atoms with Crippen molar-refractivity contribution in [3.05, 3.63) is 18.2 Å². The number of carbonyl (C=O) groups is 2. The number of hydrogen-bond acceptors (Lipinski definition) is 4. The summed E-state index contributed by atoms with van der Waals surface area (Å²) in [6.45, 7) is -0.206. The van der Waals surface area contributed by atoms with Gasteiger partial charge in [0, 0.05) is 31.1 Å². The number of halogens is 3. The molecule has 0 aromatic heterocycles. The van der Waals surface area contributed by atoms with E-state index in [0.717, 1.165) is 0 Å². The average Bonchev–Trinajstić information content (AvgIpc) is 2.47. The second kappa shape index (κ2) is 6.99. The Bertz CT molecular complexity index is 610. The number of hydrogen-bond donors (Lipinski definition) is 2. The molecule has 0 saturated heterocycles. The van der Waals surface area contributed by atoms with Crippen molar-refractivity contribution in [3.63, 3.8) is 0 Å². The summed E-state index contributed by atoms with van der Waals surface area (Å²) in [4.78, 5) is 24.5. The summed E-state index contributed by atoms with van der Waals surface area (Å²) in [6.07, 6.45) is 0. The lowest BCUT2D eigenvalue weighted by molar-refractivity contribution is -0.120. The highest BCUT2D eigenvalue weighted by atomic mass is 32.2. The highest BCUT2D eigenvalue weighted by molar-refractivity contribution is 8.00. The number of ether oxygens (including phenoxy) is 1. The predicted molar refractivity (Wildman–Crippen MR) is 80.9 cm³/mol. The van der Waals surface area contributed by atoms with Crippen molar-refractivity contribution in [2.45, 2.75) is 5.51 Å². The molecule has 10 heteroatoms. The smallest absolute Gasteiger partial charge is 0.441 e. The zero-order valence-electron chi connectivity index (χ0n) is 12.1. The summed E-state index contributed by atoms with van der Waals surface area (Å²) in [6, 6.07) is 4.11. The summed E-state index contributed by atoms with van der Waals surface area (Å²) in [5.41, 5.74) is -3.32. The second-order valence-electron chi connectivity index (χ2n) is 4.60. The monoisotopic (exact) mass is 349 g/mol. The molecule has 2 rings (SSSR count). The zero-order chi connectivity index (χ0) is 17.0. The van der Waals surface area contributed by atoms with Crippen LogP contribution in [0, 0.1) is 0 Å². The van der Waals surface area contributed by atoms with Crippen molar-refractivity contribution >= 4 is 35.1 Å². The molecule has 126 valence electrons. The van der Waals surface area contributed by atoms with Gasteiger partial charge in [-0.2, -0.15) is 13.2 Å². The van der Waals surface area contributed by atoms with Crippen LogP contribution in [0.3, 0.4) is 0 Å². The van der Waals surface area contributed by atoms with Gasteiger partial charge in [0.1, 0.15) is 5.75 Å². The molecule has 2 N–H and O–H groups in total. The molecule has 0 bridgehead atoms. The third kappa shape index (κ3) is 4.95. The van der Waals surface area contributed by atoms with E-state index in [1.807, 2.05) is 0 Å². The van der Waals surface area contributed by atoms with E-state index in [9.17, 15) is 22.8 Å². The molecule has 1 aliphatic rings. The number of likely N-dealkylation sites (N-methyl/N-ethyl adjacent to an activating group) is 1. The Balaban J connectivity index is 1.86. The lowest BCUT2D eigenvalue weighted by Gasteiger charge is -2.26. The quantitative estimate of drug-likeness (QED) is 0.819. The van der Waals surface area contributed by atoms with Crippen LogP contribution in [0.1, 0.15) is 0 Å². The predicted octanol–water partition coefficient (Wildman–Crippen LogP) is 2.42. The van der Waals surface area contributed by atoms with E-state index in [1.54, 1.807) is 25.2 Å². The van der Waals surface area contributed by atoms with Gasteiger partial charge in [-0.1, -0.05) is 0 Å². The molecule has 1 aliphatic heterocycles. The second-order valence-corrected chi connectivity index (χ2v) is 5.76. The van der Waals surface area contributed by atoms with Gasteiger partial charge in [0.25, 0.3) is 5.91 Å². The first-order chi connectivity index (χ1) is 10.8. The highest BCUT2D eigenvalue weighted by Gasteiger charge is 2.27. The molecule has 0 aliphatic carbocycles. The largest absolute Gasteiger partial charge is 0.481 e. The van der Waals surface area contributed by atoms with Crippen LogP contribution in [0.15, 0.2) is 18.2 Å². The minimum absolute atomic E-state index is 0.0895. The maximum Gasteiger partial charge on any atom is 0.441 e. The van der Waals surface area contributed by atoms with Gasteiger partial charge >= 0.3 is 11.5 Å². The van der Waals surface area contributed by atoms with Crippen molar-refractivity contribution in [1.29, 1.82) is 0 Å². The lowest BCUT2D eigenvalue weighted by atomic mass is 10.2. The first kappa shape index (κ1) is 17.3. The van der Waals surface area contributed by atoms with Crippen LogP contribution in [0.5, 0.6) is 5.75 Å². The van der Waals surface area contributed by atoms with Crippen LogP contribution in [0.4, 0.5) is 29.3 Å². The van der Waals surface area contributed by atoms with Crippen molar-refractivity contribution in [3.8, 4) is 5.75 Å². The number of amides is 3. The van der Waals surface area contributed by atoms with Crippen molar-refractivity contribution in [2.75, 3.05) is 36.2 Å². The van der Waals surface area contributed by atoms with Crippen molar-refractivity contribution < 1.29 is 27.5 Å². The minimum atomic E-state index is -4.31. The highest BCUT2D eigenvalue weighted by Crippen LogP contribution is 2.33. The number of carbonyl (C=O) groups excluding carboxylic acids is 2. The molecule has 1 aromatic carbocycles. The van der Waals surface area contributed by atoms with Gasteiger partial charge in [0.2, 0.25) is 0 Å². The van der Waals surface area contributed by atoms with Crippen LogP contribution >= 0.6 is 11.8 Å². The van der Waals surface area contributed by atoms with Gasteiger partial charge in [-0.05, 0) is 23.9 Å².